The minimum Gasteiger partial charge on any atom is -0.444 e. The van der Waals surface area contributed by atoms with Crippen molar-refractivity contribution >= 4 is 6.09 Å². The summed E-state index contributed by atoms with van der Waals surface area (Å²) in [5.41, 5.74) is 5.59. The van der Waals surface area contributed by atoms with Gasteiger partial charge >= 0.3 is 6.09 Å². The fourth-order valence-electron chi connectivity index (χ4n) is 2.09. The Kier molecular flexibility index (Phi) is 4.19. The molecule has 0 aromatic rings. The van der Waals surface area contributed by atoms with Crippen molar-refractivity contribution in [1.29, 1.82) is 0 Å². The number of ether oxygens (including phenoxy) is 1. The normalized spacial score (nSPS) is 26.3. The van der Waals surface area contributed by atoms with Gasteiger partial charge in [-0.3, -0.25) is 0 Å². The molecule has 2 N–H and O–H groups in total. The predicted molar refractivity (Wildman–Crippen MR) is 64.2 cm³/mol. The van der Waals surface area contributed by atoms with E-state index in [-0.39, 0.29) is 18.2 Å². The molecule has 1 fully saturated rings. The second-order valence-corrected chi connectivity index (χ2v) is 5.61. The Labute approximate surface area is 98.1 Å². The van der Waals surface area contributed by atoms with E-state index in [9.17, 15) is 4.79 Å². The maximum Gasteiger partial charge on any atom is 0.410 e. The Morgan fingerprint density at radius 1 is 1.31 bits per heavy atom. The largest absolute Gasteiger partial charge is 0.444 e. The number of hydrogen-bond donors (Lipinski definition) is 1. The molecule has 0 unspecified atom stereocenters. The molecule has 1 aliphatic rings. The highest BCUT2D eigenvalue weighted by atomic mass is 16.6. The first-order chi connectivity index (χ1) is 7.31. The second kappa shape index (κ2) is 5.04. The van der Waals surface area contributed by atoms with Crippen molar-refractivity contribution in [3.8, 4) is 0 Å². The number of nitrogens with zero attached hydrogens (tertiary/aromatic N) is 1. The molecule has 4 nitrogen and oxygen atoms in total. The van der Waals surface area contributed by atoms with Crippen molar-refractivity contribution < 1.29 is 9.53 Å². The average molecular weight is 228 g/mol. The van der Waals surface area contributed by atoms with Gasteiger partial charge in [0.05, 0.1) is 0 Å². The van der Waals surface area contributed by atoms with Gasteiger partial charge in [-0.1, -0.05) is 12.8 Å². The zero-order valence-corrected chi connectivity index (χ0v) is 10.8. The summed E-state index contributed by atoms with van der Waals surface area (Å²) >= 11 is 0. The number of rotatable bonds is 1. The summed E-state index contributed by atoms with van der Waals surface area (Å²) in [6.45, 7) is 5.62. The highest BCUT2D eigenvalue weighted by Gasteiger charge is 2.30. The van der Waals surface area contributed by atoms with E-state index in [0.29, 0.717) is 0 Å². The summed E-state index contributed by atoms with van der Waals surface area (Å²) in [6.07, 6.45) is 4.02. The van der Waals surface area contributed by atoms with Crippen LogP contribution in [0.3, 0.4) is 0 Å². The zero-order chi connectivity index (χ0) is 12.3. The quantitative estimate of drug-likeness (QED) is 0.748. The number of amides is 1. The van der Waals surface area contributed by atoms with E-state index < -0.39 is 5.60 Å². The van der Waals surface area contributed by atoms with Gasteiger partial charge in [-0.15, -0.1) is 0 Å². The van der Waals surface area contributed by atoms with Crippen molar-refractivity contribution in [3.05, 3.63) is 0 Å². The van der Waals surface area contributed by atoms with Crippen molar-refractivity contribution in [2.75, 3.05) is 7.05 Å². The van der Waals surface area contributed by atoms with Gasteiger partial charge in [-0.05, 0) is 33.6 Å². The SMILES string of the molecule is CN(C(=O)OC(C)(C)C)[C@@H]1CCCC[C@@H]1N. The lowest BCUT2D eigenvalue weighted by atomic mass is 9.90. The molecule has 0 aliphatic heterocycles. The first kappa shape index (κ1) is 13.3. The number of hydrogen-bond acceptors (Lipinski definition) is 3. The third-order valence-electron chi connectivity index (χ3n) is 2.96. The van der Waals surface area contributed by atoms with Crippen LogP contribution in [-0.2, 0) is 4.74 Å². The Morgan fingerprint density at radius 2 is 1.88 bits per heavy atom. The third kappa shape index (κ3) is 3.67. The first-order valence-electron chi connectivity index (χ1n) is 6.02. The molecular weight excluding hydrogens is 204 g/mol. The van der Waals surface area contributed by atoms with E-state index in [1.54, 1.807) is 11.9 Å². The molecule has 1 rings (SSSR count). The van der Waals surface area contributed by atoms with E-state index in [2.05, 4.69) is 0 Å². The average Bonchev–Trinajstić information content (AvgIpc) is 2.15. The molecule has 1 amide bonds. The molecular formula is C12H24N2O2. The van der Waals surface area contributed by atoms with Crippen LogP contribution in [0.15, 0.2) is 0 Å². The lowest BCUT2D eigenvalue weighted by Gasteiger charge is -2.36. The van der Waals surface area contributed by atoms with Gasteiger partial charge in [-0.2, -0.15) is 0 Å². The zero-order valence-electron chi connectivity index (χ0n) is 10.8. The molecule has 0 spiro atoms. The van der Waals surface area contributed by atoms with Gasteiger partial charge < -0.3 is 15.4 Å². The number of carbonyl (C=O) groups is 1. The molecule has 0 bridgehead atoms. The van der Waals surface area contributed by atoms with E-state index in [1.165, 1.54) is 6.42 Å². The summed E-state index contributed by atoms with van der Waals surface area (Å²) in [4.78, 5) is 13.5. The van der Waals surface area contributed by atoms with Gasteiger partial charge in [0.1, 0.15) is 5.60 Å². The molecule has 0 aromatic heterocycles. The van der Waals surface area contributed by atoms with Crippen LogP contribution in [0.25, 0.3) is 0 Å². The van der Waals surface area contributed by atoms with Crippen molar-refractivity contribution in [2.24, 2.45) is 5.73 Å². The summed E-state index contributed by atoms with van der Waals surface area (Å²) in [6, 6.07) is 0.217. The Morgan fingerprint density at radius 3 is 2.38 bits per heavy atom. The summed E-state index contributed by atoms with van der Waals surface area (Å²) in [5.74, 6) is 0. The standard InChI is InChI=1S/C12H24N2O2/c1-12(2,3)16-11(15)14(4)10-8-6-5-7-9(10)13/h9-10H,5-8,13H2,1-4H3/t9-,10+/m0/s1. The van der Waals surface area contributed by atoms with Crippen molar-refractivity contribution in [3.63, 3.8) is 0 Å². The van der Waals surface area contributed by atoms with E-state index >= 15 is 0 Å². The van der Waals surface area contributed by atoms with E-state index in [0.717, 1.165) is 19.3 Å². The Balaban J connectivity index is 2.55. The summed E-state index contributed by atoms with van der Waals surface area (Å²) < 4.78 is 5.33. The molecule has 0 aromatic carbocycles. The molecule has 94 valence electrons. The first-order valence-corrected chi connectivity index (χ1v) is 6.02. The van der Waals surface area contributed by atoms with Gasteiger partial charge in [-0.25, -0.2) is 4.79 Å². The van der Waals surface area contributed by atoms with Crippen LogP contribution < -0.4 is 5.73 Å². The van der Waals surface area contributed by atoms with E-state index in [4.69, 9.17) is 10.5 Å². The van der Waals surface area contributed by atoms with Gasteiger partial charge in [0.2, 0.25) is 0 Å². The lowest BCUT2D eigenvalue weighted by Crippen LogP contribution is -2.51. The smallest absolute Gasteiger partial charge is 0.410 e. The van der Waals surface area contributed by atoms with Gasteiger partial charge in [0.25, 0.3) is 0 Å². The molecule has 0 saturated heterocycles. The van der Waals surface area contributed by atoms with Crippen LogP contribution in [0.2, 0.25) is 0 Å². The number of likely N-dealkylation sites (N-methyl/N-ethyl adjacent to an activating group) is 1. The van der Waals surface area contributed by atoms with Crippen LogP contribution in [-0.4, -0.2) is 35.7 Å². The minimum atomic E-state index is -0.440. The number of carbonyl (C=O) groups excluding carboxylic acids is 1. The van der Waals surface area contributed by atoms with Crippen LogP contribution in [0, 0.1) is 0 Å². The topological polar surface area (TPSA) is 55.6 Å². The molecule has 0 radical (unpaired) electrons. The van der Waals surface area contributed by atoms with E-state index in [1.807, 2.05) is 20.8 Å². The monoisotopic (exact) mass is 228 g/mol. The Hall–Kier alpha value is -0.770. The van der Waals surface area contributed by atoms with Crippen LogP contribution in [0.4, 0.5) is 4.79 Å². The number of nitrogens with two attached hydrogens (primary N) is 1. The van der Waals surface area contributed by atoms with Gasteiger partial charge in [0.15, 0.2) is 0 Å². The summed E-state index contributed by atoms with van der Waals surface area (Å²) in [7, 11) is 1.78. The highest BCUT2D eigenvalue weighted by Crippen LogP contribution is 2.22. The maximum absolute atomic E-state index is 11.9. The third-order valence-corrected chi connectivity index (χ3v) is 2.96. The van der Waals surface area contributed by atoms with Crippen LogP contribution in [0.1, 0.15) is 46.5 Å². The second-order valence-electron chi connectivity index (χ2n) is 5.61. The molecule has 1 saturated carbocycles. The van der Waals surface area contributed by atoms with Crippen LogP contribution >= 0.6 is 0 Å². The molecule has 4 heteroatoms. The lowest BCUT2D eigenvalue weighted by molar-refractivity contribution is 0.0167. The van der Waals surface area contributed by atoms with Crippen LogP contribution in [0.5, 0.6) is 0 Å². The molecule has 0 heterocycles. The molecule has 1 aliphatic carbocycles. The van der Waals surface area contributed by atoms with Crippen molar-refractivity contribution in [1.82, 2.24) is 4.90 Å². The summed E-state index contributed by atoms with van der Waals surface area (Å²) in [5, 5.41) is 0. The molecule has 16 heavy (non-hydrogen) atoms. The highest BCUT2D eigenvalue weighted by molar-refractivity contribution is 5.68. The predicted octanol–water partition coefficient (Wildman–Crippen LogP) is 2.12. The fourth-order valence-corrected chi connectivity index (χ4v) is 2.09. The van der Waals surface area contributed by atoms with Crippen molar-refractivity contribution in [2.45, 2.75) is 64.1 Å². The fraction of sp³-hybridized carbons (Fsp3) is 0.917. The Bertz CT molecular complexity index is 248. The van der Waals surface area contributed by atoms with Gasteiger partial charge in [0, 0.05) is 19.1 Å². The maximum atomic E-state index is 11.9. The molecule has 2 atom stereocenters. The minimum absolute atomic E-state index is 0.0891.